The number of anilines is 1. The number of carbonyl (C=O) groups excluding carboxylic acids is 2. The molecule has 3 heterocycles. The summed E-state index contributed by atoms with van der Waals surface area (Å²) in [6.45, 7) is 4.34. The first-order valence-electron chi connectivity index (χ1n) is 12.4. The van der Waals surface area contributed by atoms with Gasteiger partial charge in [-0.3, -0.25) is 9.59 Å². The summed E-state index contributed by atoms with van der Waals surface area (Å²) < 4.78 is 12.8. The molecule has 1 aliphatic rings. The van der Waals surface area contributed by atoms with Gasteiger partial charge in [-0.05, 0) is 48.7 Å². The van der Waals surface area contributed by atoms with Gasteiger partial charge in [-0.25, -0.2) is 4.98 Å². The molecule has 0 unspecified atom stereocenters. The molecule has 1 aliphatic heterocycles. The van der Waals surface area contributed by atoms with Crippen molar-refractivity contribution < 1.29 is 19.1 Å². The van der Waals surface area contributed by atoms with Crippen LogP contribution in [0.15, 0.2) is 66.9 Å². The van der Waals surface area contributed by atoms with Gasteiger partial charge >= 0.3 is 0 Å². The lowest BCUT2D eigenvalue weighted by Crippen LogP contribution is -2.49. The van der Waals surface area contributed by atoms with Crippen molar-refractivity contribution in [2.45, 2.75) is 39.3 Å². The summed E-state index contributed by atoms with van der Waals surface area (Å²) in [7, 11) is 1.70. The highest BCUT2D eigenvalue weighted by Gasteiger charge is 2.27. The minimum Gasteiger partial charge on any atom is -0.454 e. The number of carbonyl (C=O) groups is 2. The van der Waals surface area contributed by atoms with E-state index in [9.17, 15) is 9.59 Å². The number of amides is 2. The maximum Gasteiger partial charge on any atom is 0.249 e. The van der Waals surface area contributed by atoms with Crippen LogP contribution in [0.1, 0.15) is 23.7 Å². The van der Waals surface area contributed by atoms with Crippen LogP contribution in [-0.2, 0) is 29.0 Å². The van der Waals surface area contributed by atoms with E-state index in [1.165, 1.54) is 5.56 Å². The molecule has 2 amide bonds. The van der Waals surface area contributed by atoms with Crippen LogP contribution in [-0.4, -0.2) is 41.2 Å². The SMILES string of the molecule is CCc1c(C)n(CC(=O)N[C@@H](Cc2ccccc2)C(=O)N(C)c2ccc3c(c2)OCO3)c2ncccc12. The Morgan fingerprint density at radius 2 is 1.86 bits per heavy atom. The third-order valence-corrected chi connectivity index (χ3v) is 6.85. The van der Waals surface area contributed by atoms with Crippen LogP contribution >= 0.6 is 0 Å². The van der Waals surface area contributed by atoms with Crippen LogP contribution in [0.25, 0.3) is 11.0 Å². The topological polar surface area (TPSA) is 85.7 Å². The number of hydrogen-bond donors (Lipinski definition) is 1. The molecule has 0 bridgehead atoms. The normalized spacial score (nSPS) is 12.9. The Bertz CT molecular complexity index is 1450. The monoisotopic (exact) mass is 498 g/mol. The van der Waals surface area contributed by atoms with E-state index in [0.29, 0.717) is 23.6 Å². The molecule has 190 valence electrons. The highest BCUT2D eigenvalue weighted by Crippen LogP contribution is 2.35. The van der Waals surface area contributed by atoms with Gasteiger partial charge in [0.05, 0.1) is 0 Å². The van der Waals surface area contributed by atoms with E-state index < -0.39 is 6.04 Å². The van der Waals surface area contributed by atoms with Gasteiger partial charge in [0.15, 0.2) is 11.5 Å². The van der Waals surface area contributed by atoms with Crippen molar-refractivity contribution in [2.24, 2.45) is 0 Å². The zero-order valence-corrected chi connectivity index (χ0v) is 21.2. The first-order valence-corrected chi connectivity index (χ1v) is 12.4. The molecule has 0 fully saturated rings. The van der Waals surface area contributed by atoms with Crippen molar-refractivity contribution in [1.29, 1.82) is 0 Å². The van der Waals surface area contributed by atoms with E-state index >= 15 is 0 Å². The number of nitrogens with one attached hydrogen (secondary N) is 1. The van der Waals surface area contributed by atoms with Gasteiger partial charge < -0.3 is 24.3 Å². The average molecular weight is 499 g/mol. The molecule has 0 saturated carbocycles. The lowest BCUT2D eigenvalue weighted by atomic mass is 10.0. The summed E-state index contributed by atoms with van der Waals surface area (Å²) in [4.78, 5) is 33.1. The number of pyridine rings is 1. The van der Waals surface area contributed by atoms with E-state index in [2.05, 4.69) is 17.2 Å². The van der Waals surface area contributed by atoms with Gasteiger partial charge in [0.25, 0.3) is 0 Å². The number of aryl methyl sites for hydroxylation is 1. The van der Waals surface area contributed by atoms with Crippen molar-refractivity contribution in [3.8, 4) is 11.5 Å². The van der Waals surface area contributed by atoms with E-state index in [4.69, 9.17) is 9.47 Å². The lowest BCUT2D eigenvalue weighted by Gasteiger charge is -2.25. The summed E-state index contributed by atoms with van der Waals surface area (Å²) in [5, 5.41) is 4.05. The van der Waals surface area contributed by atoms with Gasteiger partial charge in [0.1, 0.15) is 18.2 Å². The van der Waals surface area contributed by atoms with Crippen molar-refractivity contribution in [2.75, 3.05) is 18.7 Å². The van der Waals surface area contributed by atoms with E-state index in [1.807, 2.05) is 54.0 Å². The van der Waals surface area contributed by atoms with Crippen molar-refractivity contribution >= 4 is 28.5 Å². The highest BCUT2D eigenvalue weighted by molar-refractivity contribution is 5.99. The number of hydrogen-bond acceptors (Lipinski definition) is 5. The van der Waals surface area contributed by atoms with Crippen molar-refractivity contribution in [1.82, 2.24) is 14.9 Å². The van der Waals surface area contributed by atoms with Crippen molar-refractivity contribution in [3.05, 3.63) is 83.7 Å². The van der Waals surface area contributed by atoms with Crippen LogP contribution in [0.2, 0.25) is 0 Å². The molecule has 8 nitrogen and oxygen atoms in total. The largest absolute Gasteiger partial charge is 0.454 e. The zero-order valence-electron chi connectivity index (χ0n) is 21.2. The molecule has 8 heteroatoms. The molecule has 4 aromatic rings. The second-order valence-electron chi connectivity index (χ2n) is 9.12. The number of nitrogens with zero attached hydrogens (tertiary/aromatic N) is 3. The second kappa shape index (κ2) is 10.3. The number of rotatable bonds is 8. The standard InChI is InChI=1S/C29H30N4O4/c1-4-22-19(2)33(28-23(22)11-8-14-30-28)17-27(34)31-24(15-20-9-6-5-7-10-20)29(35)32(3)21-12-13-25-26(16-21)37-18-36-25/h5-14,16,24H,4,15,17-18H2,1-3H3,(H,31,34)/t24-/m0/s1. The first-order chi connectivity index (χ1) is 18.0. The average Bonchev–Trinajstić information content (AvgIpc) is 3.49. The van der Waals surface area contributed by atoms with Crippen LogP contribution in [0.3, 0.4) is 0 Å². The quantitative estimate of drug-likeness (QED) is 0.397. The Morgan fingerprint density at radius 3 is 2.65 bits per heavy atom. The van der Waals surface area contributed by atoms with E-state index in [-0.39, 0.29) is 25.2 Å². The molecule has 1 N–H and O–H groups in total. The molecule has 0 radical (unpaired) electrons. The Kier molecular flexibility index (Phi) is 6.81. The van der Waals surface area contributed by atoms with Crippen LogP contribution < -0.4 is 19.7 Å². The Hall–Kier alpha value is -4.33. The predicted molar refractivity (Wildman–Crippen MR) is 142 cm³/mol. The third-order valence-electron chi connectivity index (χ3n) is 6.85. The van der Waals surface area contributed by atoms with Gasteiger partial charge in [0.2, 0.25) is 18.6 Å². The summed E-state index contributed by atoms with van der Waals surface area (Å²) in [5.74, 6) is 0.766. The minimum absolute atomic E-state index is 0.0751. The molecular weight excluding hydrogens is 468 g/mol. The van der Waals surface area contributed by atoms with Gasteiger partial charge in [0, 0.05) is 42.5 Å². The molecular formula is C29H30N4O4. The summed E-state index contributed by atoms with van der Waals surface area (Å²) >= 11 is 0. The van der Waals surface area contributed by atoms with Crippen LogP contribution in [0.5, 0.6) is 11.5 Å². The number of ether oxygens (including phenoxy) is 2. The first kappa shape index (κ1) is 24.4. The zero-order chi connectivity index (χ0) is 25.9. The molecule has 0 saturated heterocycles. The molecule has 0 spiro atoms. The van der Waals surface area contributed by atoms with Crippen LogP contribution in [0, 0.1) is 6.92 Å². The van der Waals surface area contributed by atoms with Crippen LogP contribution in [0.4, 0.5) is 5.69 Å². The Labute approximate surface area is 215 Å². The molecule has 1 atom stereocenters. The summed E-state index contributed by atoms with van der Waals surface area (Å²) in [5.41, 5.74) is 4.57. The molecule has 37 heavy (non-hydrogen) atoms. The number of benzene rings is 2. The van der Waals surface area contributed by atoms with Gasteiger partial charge in [-0.15, -0.1) is 0 Å². The Balaban J connectivity index is 1.40. The predicted octanol–water partition coefficient (Wildman–Crippen LogP) is 4.03. The highest BCUT2D eigenvalue weighted by atomic mass is 16.7. The molecule has 0 aliphatic carbocycles. The van der Waals surface area contributed by atoms with E-state index in [1.54, 1.807) is 36.3 Å². The fraction of sp³-hybridized carbons (Fsp3) is 0.276. The number of likely N-dealkylation sites (N-methyl/N-ethyl adjacent to an activating group) is 1. The molecule has 5 rings (SSSR count). The van der Waals surface area contributed by atoms with Gasteiger partial charge in [-0.2, -0.15) is 0 Å². The van der Waals surface area contributed by atoms with Gasteiger partial charge in [-0.1, -0.05) is 37.3 Å². The Morgan fingerprint density at radius 1 is 1.08 bits per heavy atom. The number of fused-ring (bicyclic) bond motifs is 2. The molecule has 2 aromatic heterocycles. The maximum absolute atomic E-state index is 13.7. The maximum atomic E-state index is 13.7. The smallest absolute Gasteiger partial charge is 0.249 e. The molecule has 2 aromatic carbocycles. The van der Waals surface area contributed by atoms with Crippen molar-refractivity contribution in [3.63, 3.8) is 0 Å². The third kappa shape index (κ3) is 4.87. The minimum atomic E-state index is -0.758. The fourth-order valence-corrected chi connectivity index (χ4v) is 4.89. The number of aromatic nitrogens is 2. The summed E-state index contributed by atoms with van der Waals surface area (Å²) in [6, 6.07) is 18.2. The van der Waals surface area contributed by atoms with E-state index in [0.717, 1.165) is 28.7 Å². The summed E-state index contributed by atoms with van der Waals surface area (Å²) in [6.07, 6.45) is 2.94. The lowest BCUT2D eigenvalue weighted by molar-refractivity contribution is -0.127. The fourth-order valence-electron chi connectivity index (χ4n) is 4.89. The second-order valence-corrected chi connectivity index (χ2v) is 9.12.